The van der Waals surface area contributed by atoms with Crippen molar-refractivity contribution in [2.24, 2.45) is 5.41 Å². The largest absolute Gasteiger partial charge is 0.489 e. The number of benzene rings is 3. The fourth-order valence-corrected chi connectivity index (χ4v) is 11.9. The number of carbonyl (C=O) groups excluding carboxylic acids is 1. The molecule has 3 aromatic carbocycles. The van der Waals surface area contributed by atoms with Crippen molar-refractivity contribution in [3.63, 3.8) is 0 Å². The molecule has 6 heterocycles. The summed E-state index contributed by atoms with van der Waals surface area (Å²) in [5.74, 6) is -0.423. The Kier molecular flexibility index (Phi) is 11.7. The van der Waals surface area contributed by atoms with E-state index in [2.05, 4.69) is 84.4 Å². The Bertz CT molecular complexity index is 2790. The second-order valence-corrected chi connectivity index (χ2v) is 20.6. The van der Waals surface area contributed by atoms with Gasteiger partial charge in [-0.3, -0.25) is 24.7 Å². The van der Waals surface area contributed by atoms with Crippen LogP contribution >= 0.6 is 0 Å². The summed E-state index contributed by atoms with van der Waals surface area (Å²) in [5, 5.41) is 16.4. The van der Waals surface area contributed by atoms with Crippen LogP contribution in [0.3, 0.4) is 0 Å². The Labute approximate surface area is 385 Å². The number of sulfonamides is 1. The van der Waals surface area contributed by atoms with Gasteiger partial charge in [-0.15, -0.1) is 0 Å². The van der Waals surface area contributed by atoms with E-state index in [1.54, 1.807) is 30.6 Å². The molecule has 2 atom stereocenters. The third kappa shape index (κ3) is 8.72. The van der Waals surface area contributed by atoms with E-state index in [1.807, 2.05) is 12.1 Å². The lowest BCUT2D eigenvalue weighted by Crippen LogP contribution is -2.54. The molecule has 17 heteroatoms. The number of amides is 1. The quantitative estimate of drug-likeness (QED) is 0.0833. The number of H-pyrrole nitrogens is 1. The average molecular weight is 916 g/mol. The van der Waals surface area contributed by atoms with Crippen molar-refractivity contribution in [3.8, 4) is 17.2 Å². The molecule has 10 rings (SSSR count). The van der Waals surface area contributed by atoms with Gasteiger partial charge in [-0.2, -0.15) is 0 Å². The lowest BCUT2D eigenvalue weighted by Gasteiger charge is -2.56. The van der Waals surface area contributed by atoms with Crippen molar-refractivity contribution >= 4 is 49.6 Å². The normalized spacial score (nSPS) is 21.5. The number of nitro groups is 1. The highest BCUT2D eigenvalue weighted by Crippen LogP contribution is 2.54. The Morgan fingerprint density at radius 3 is 2.58 bits per heavy atom. The third-order valence-corrected chi connectivity index (χ3v) is 15.8. The first-order valence-corrected chi connectivity index (χ1v) is 24.5. The van der Waals surface area contributed by atoms with E-state index in [1.165, 1.54) is 42.9 Å². The van der Waals surface area contributed by atoms with Crippen LogP contribution in [0.5, 0.6) is 17.2 Å². The summed E-state index contributed by atoms with van der Waals surface area (Å²) >= 11 is 0. The topological polar surface area (TPSA) is 179 Å². The Hall–Kier alpha value is -6.01. The number of likely N-dealkylation sites (N-methyl/N-ethyl adjacent to an activating group) is 1. The molecule has 2 aromatic heterocycles. The smallest absolute Gasteiger partial charge is 0.297 e. The minimum Gasteiger partial charge on any atom is -0.489 e. The van der Waals surface area contributed by atoms with Gasteiger partial charge in [0.15, 0.2) is 11.4 Å². The van der Waals surface area contributed by atoms with Crippen LogP contribution in [0, 0.1) is 15.5 Å². The van der Waals surface area contributed by atoms with Gasteiger partial charge in [0, 0.05) is 93.4 Å². The number of ether oxygens (including phenoxy) is 2. The number of likely N-dealkylation sites (tertiary alicyclic amines) is 1. The van der Waals surface area contributed by atoms with Gasteiger partial charge in [0.25, 0.3) is 21.6 Å². The number of hydrogen-bond donors (Lipinski definition) is 3. The maximum Gasteiger partial charge on any atom is 0.297 e. The maximum absolute atomic E-state index is 14.1. The fourth-order valence-electron chi connectivity index (χ4n) is 10.9. The van der Waals surface area contributed by atoms with E-state index in [4.69, 9.17) is 9.47 Å². The van der Waals surface area contributed by atoms with Crippen molar-refractivity contribution in [2.45, 2.75) is 68.5 Å². The van der Waals surface area contributed by atoms with Gasteiger partial charge in [0.05, 0.1) is 27.6 Å². The van der Waals surface area contributed by atoms with Crippen molar-refractivity contribution in [2.75, 3.05) is 76.2 Å². The second kappa shape index (κ2) is 17.7. The molecule has 1 spiro atoms. The molecule has 0 unspecified atom stereocenters. The first-order valence-electron chi connectivity index (χ1n) is 23.0. The van der Waals surface area contributed by atoms with Crippen LogP contribution < -0.4 is 24.4 Å². The van der Waals surface area contributed by atoms with Gasteiger partial charge < -0.3 is 29.6 Å². The molecule has 346 valence electrons. The zero-order chi connectivity index (χ0) is 45.7. The molecule has 4 aliphatic heterocycles. The molecule has 3 saturated heterocycles. The van der Waals surface area contributed by atoms with E-state index in [9.17, 15) is 23.3 Å². The molecule has 1 amide bonds. The van der Waals surface area contributed by atoms with E-state index < -0.39 is 31.4 Å². The van der Waals surface area contributed by atoms with Gasteiger partial charge in [-0.25, -0.2) is 18.1 Å². The number of allylic oxidation sites excluding steroid dienone is 1. The van der Waals surface area contributed by atoms with Crippen LogP contribution in [0.25, 0.3) is 16.6 Å². The molecule has 1 aliphatic carbocycles. The Morgan fingerprint density at radius 2 is 1.80 bits per heavy atom. The van der Waals surface area contributed by atoms with Crippen molar-refractivity contribution in [3.05, 3.63) is 113 Å². The Morgan fingerprint density at radius 1 is 1.02 bits per heavy atom. The van der Waals surface area contributed by atoms with Crippen LogP contribution in [0.1, 0.15) is 73.0 Å². The summed E-state index contributed by atoms with van der Waals surface area (Å²) in [6.07, 6.45) is 10.1. The summed E-state index contributed by atoms with van der Waals surface area (Å²) in [6, 6.07) is 20.5. The highest BCUT2D eigenvalue weighted by Gasteiger charge is 2.50. The number of hydrogen-bond acceptors (Lipinski definition) is 13. The number of piperazine rings is 1. The SMILES string of the molecule is C=C(C)c1ccccc1[C@@H]1CCCN1C1CC2(CCN(c3ccc(C(=O)NS(=O)(=O)c4cc5c(c([N+](=O)[O-])c4)N[C@@H](CN4CCN(C)CC4)CO5)c(Oc4cnc5[nH]ccc5c4)c3)CC2)C1. The first kappa shape index (κ1) is 43.9. The number of nitrogens with zero attached hydrogens (tertiary/aromatic N) is 6. The monoisotopic (exact) mass is 915 g/mol. The molecule has 0 bridgehead atoms. The van der Waals surface area contributed by atoms with Crippen LogP contribution in [0.15, 0.2) is 90.6 Å². The lowest BCUT2D eigenvalue weighted by atomic mass is 9.59. The van der Waals surface area contributed by atoms with Gasteiger partial charge in [-0.05, 0) is 99.8 Å². The van der Waals surface area contributed by atoms with Gasteiger partial charge in [-0.1, -0.05) is 36.4 Å². The summed E-state index contributed by atoms with van der Waals surface area (Å²) in [5.41, 5.74) is 5.19. The van der Waals surface area contributed by atoms with Crippen LogP contribution in [-0.4, -0.2) is 122 Å². The number of anilines is 2. The highest BCUT2D eigenvalue weighted by atomic mass is 32.2. The van der Waals surface area contributed by atoms with E-state index in [0.717, 1.165) is 81.4 Å². The summed E-state index contributed by atoms with van der Waals surface area (Å²) in [4.78, 5) is 42.4. The predicted molar refractivity (Wildman–Crippen MR) is 254 cm³/mol. The van der Waals surface area contributed by atoms with Crippen molar-refractivity contribution in [1.29, 1.82) is 0 Å². The van der Waals surface area contributed by atoms with Gasteiger partial charge >= 0.3 is 0 Å². The molecule has 66 heavy (non-hydrogen) atoms. The third-order valence-electron chi connectivity index (χ3n) is 14.5. The van der Waals surface area contributed by atoms with E-state index in [0.29, 0.717) is 30.0 Å². The highest BCUT2D eigenvalue weighted by molar-refractivity contribution is 7.90. The van der Waals surface area contributed by atoms with Gasteiger partial charge in [0.2, 0.25) is 0 Å². The zero-order valence-electron chi connectivity index (χ0n) is 37.5. The zero-order valence-corrected chi connectivity index (χ0v) is 38.3. The minimum atomic E-state index is -4.64. The molecule has 3 N–H and O–H groups in total. The maximum atomic E-state index is 14.1. The molecule has 1 saturated carbocycles. The number of carbonyl (C=O) groups is 1. The number of nitro benzene ring substituents is 1. The second-order valence-electron chi connectivity index (χ2n) is 18.9. The number of aromatic amines is 1. The minimum absolute atomic E-state index is 0.0259. The average Bonchev–Trinajstić information content (AvgIpc) is 3.99. The summed E-state index contributed by atoms with van der Waals surface area (Å²) in [7, 11) is -2.57. The van der Waals surface area contributed by atoms with Crippen LogP contribution in [0.4, 0.5) is 17.1 Å². The number of nitrogens with one attached hydrogen (secondary N) is 3. The molecular formula is C49H57N9O7S. The number of aromatic nitrogens is 2. The van der Waals surface area contributed by atoms with Gasteiger partial charge in [0.1, 0.15) is 23.8 Å². The Balaban J connectivity index is 0.849. The number of piperidine rings is 1. The summed E-state index contributed by atoms with van der Waals surface area (Å²) in [6.45, 7) is 13.5. The molecule has 5 aromatic rings. The predicted octanol–water partition coefficient (Wildman–Crippen LogP) is 7.42. The lowest BCUT2D eigenvalue weighted by molar-refractivity contribution is -0.384. The van der Waals surface area contributed by atoms with E-state index >= 15 is 0 Å². The molecular weight excluding hydrogens is 859 g/mol. The van der Waals surface area contributed by atoms with Crippen molar-refractivity contribution in [1.82, 2.24) is 29.4 Å². The molecule has 5 aliphatic rings. The molecule has 0 radical (unpaired) electrons. The van der Waals surface area contributed by atoms with Crippen molar-refractivity contribution < 1.29 is 27.6 Å². The van der Waals surface area contributed by atoms with Crippen LogP contribution in [0.2, 0.25) is 0 Å². The fraction of sp³-hybridized carbons (Fsp3) is 0.429. The number of pyridine rings is 1. The summed E-state index contributed by atoms with van der Waals surface area (Å²) < 4.78 is 42.4. The number of rotatable bonds is 12. The molecule has 16 nitrogen and oxygen atoms in total. The standard InChI is InChI=1S/C49H57N9O7S/c1-32(2)39-7-4-5-8-40(39)42-9-6-16-57(42)36-27-49(28-36)13-17-56(18-14-49)35-10-11-41(44(24-35)65-37-23-33-12-15-50-47(33)51-29-37)48(59)53-66(62,63)38-25-43(58(60)61)46-45(26-38)64-31-34(52-46)30-55-21-19-54(3)20-22-55/h4-5,7-8,10-12,15,23-26,29,34,36,42,52H,1,6,9,13-14,16-22,27-28,30-31H2,2-3H3,(H,50,51)(H,53,59)/t34-,42-/m0/s1. The molecule has 4 fully saturated rings. The van der Waals surface area contributed by atoms with E-state index in [-0.39, 0.29) is 40.8 Å². The van der Waals surface area contributed by atoms with Crippen LogP contribution in [-0.2, 0) is 10.0 Å². The first-order chi connectivity index (χ1) is 31.8. The number of fused-ring (bicyclic) bond motifs is 2.